The number of piperidine rings is 1. The fourth-order valence-electron chi connectivity index (χ4n) is 3.99. The third-order valence-corrected chi connectivity index (χ3v) is 9.00. The van der Waals surface area contributed by atoms with Gasteiger partial charge in [-0.2, -0.15) is 13.2 Å². The zero-order valence-corrected chi connectivity index (χ0v) is 22.8. The molecular formula is C26H32F3N3O4S2. The lowest BCUT2D eigenvalue weighted by molar-refractivity contribution is -0.137. The predicted octanol–water partition coefficient (Wildman–Crippen LogP) is 3.77. The number of nitrogens with one attached hydrogen (secondary N) is 2. The van der Waals surface area contributed by atoms with Crippen LogP contribution in [0.3, 0.4) is 0 Å². The van der Waals surface area contributed by atoms with Crippen LogP contribution in [0.15, 0.2) is 65.2 Å². The maximum absolute atomic E-state index is 13.7. The summed E-state index contributed by atoms with van der Waals surface area (Å²) < 4.78 is 94.9. The number of halogens is 3. The highest BCUT2D eigenvalue weighted by atomic mass is 32.2. The first-order valence-corrected chi connectivity index (χ1v) is 15.3. The van der Waals surface area contributed by atoms with Gasteiger partial charge in [0.05, 0.1) is 22.0 Å². The van der Waals surface area contributed by atoms with Gasteiger partial charge in [-0.05, 0) is 61.3 Å². The van der Waals surface area contributed by atoms with E-state index in [0.29, 0.717) is 37.7 Å². The molecule has 1 saturated heterocycles. The second-order valence-electron chi connectivity index (χ2n) is 9.27. The number of sulfonamides is 1. The molecule has 0 spiro atoms. The first kappa shape index (κ1) is 29.9. The highest BCUT2D eigenvalue weighted by molar-refractivity contribution is 7.91. The van der Waals surface area contributed by atoms with E-state index in [9.17, 15) is 30.0 Å². The number of hydrogen-bond acceptors (Lipinski definition) is 6. The van der Waals surface area contributed by atoms with E-state index in [0.717, 1.165) is 29.8 Å². The van der Waals surface area contributed by atoms with Crippen LogP contribution in [0.25, 0.3) is 12.2 Å². The average molecular weight is 572 g/mol. The minimum Gasteiger partial charge on any atom is -0.380 e. The van der Waals surface area contributed by atoms with Crippen LogP contribution < -0.4 is 10.0 Å². The van der Waals surface area contributed by atoms with E-state index >= 15 is 0 Å². The van der Waals surface area contributed by atoms with Gasteiger partial charge < -0.3 is 10.2 Å². The lowest BCUT2D eigenvalue weighted by atomic mass is 10.1. The zero-order valence-electron chi connectivity index (χ0n) is 21.2. The summed E-state index contributed by atoms with van der Waals surface area (Å²) in [5.74, 6) is -0.965. The van der Waals surface area contributed by atoms with Crippen molar-refractivity contribution >= 4 is 32.0 Å². The van der Waals surface area contributed by atoms with Crippen molar-refractivity contribution in [3.8, 4) is 0 Å². The molecule has 0 amide bonds. The van der Waals surface area contributed by atoms with Crippen LogP contribution in [-0.2, 0) is 26.0 Å². The summed E-state index contributed by atoms with van der Waals surface area (Å²) in [6.07, 6.45) is 0.295. The van der Waals surface area contributed by atoms with Gasteiger partial charge in [-0.25, -0.2) is 21.6 Å². The van der Waals surface area contributed by atoms with E-state index in [-0.39, 0.29) is 10.9 Å². The van der Waals surface area contributed by atoms with Crippen molar-refractivity contribution in [3.05, 3.63) is 77.0 Å². The third kappa shape index (κ3) is 8.69. The molecule has 0 aromatic heterocycles. The predicted molar refractivity (Wildman–Crippen MR) is 143 cm³/mol. The summed E-state index contributed by atoms with van der Waals surface area (Å²) in [5, 5.41) is 3.12. The monoisotopic (exact) mass is 571 g/mol. The zero-order chi connectivity index (χ0) is 28.0. The van der Waals surface area contributed by atoms with Crippen molar-refractivity contribution in [2.45, 2.75) is 30.0 Å². The lowest BCUT2D eigenvalue weighted by Gasteiger charge is -2.23. The average Bonchev–Trinajstić information content (AvgIpc) is 2.83. The van der Waals surface area contributed by atoms with E-state index in [1.54, 1.807) is 25.1 Å². The van der Waals surface area contributed by atoms with Crippen LogP contribution in [-0.4, -0.2) is 66.5 Å². The summed E-state index contributed by atoms with van der Waals surface area (Å²) in [4.78, 5) is 1.34. The molecule has 0 radical (unpaired) electrons. The van der Waals surface area contributed by atoms with Gasteiger partial charge in [0.25, 0.3) is 0 Å². The fraction of sp³-hybridized carbons (Fsp3) is 0.385. The van der Waals surface area contributed by atoms with Gasteiger partial charge in [0.15, 0.2) is 9.84 Å². The number of sulfone groups is 1. The summed E-state index contributed by atoms with van der Waals surface area (Å²) in [5.41, 5.74) is -0.247. The van der Waals surface area contributed by atoms with Crippen molar-refractivity contribution in [1.82, 2.24) is 14.9 Å². The van der Waals surface area contributed by atoms with Crippen molar-refractivity contribution in [1.29, 1.82) is 0 Å². The summed E-state index contributed by atoms with van der Waals surface area (Å²) in [6.45, 7) is 1.35. The standard InChI is InChI=1S/C26H32F3N3O4S2/c1-32(2)23(17-20-7-4-3-5-8-20)19-37(33,34)24-10-11-25(26(27,28)29)21(18-24)9-6-16-38(35,36)31-22-12-14-30-15-13-22/h3-11,17-18,22,30-31H,12-16,19H2,1-2H3. The van der Waals surface area contributed by atoms with Crippen molar-refractivity contribution in [2.75, 3.05) is 38.7 Å². The highest BCUT2D eigenvalue weighted by Gasteiger charge is 2.33. The molecule has 12 heteroatoms. The maximum Gasteiger partial charge on any atom is 0.416 e. The number of nitrogens with zero attached hydrogens (tertiary/aromatic N) is 1. The Balaban J connectivity index is 1.87. The van der Waals surface area contributed by atoms with Crippen molar-refractivity contribution in [3.63, 3.8) is 0 Å². The first-order valence-electron chi connectivity index (χ1n) is 12.0. The molecule has 0 unspecified atom stereocenters. The minimum atomic E-state index is -4.75. The van der Waals surface area contributed by atoms with Gasteiger partial charge in [0.1, 0.15) is 0 Å². The molecule has 2 aromatic rings. The van der Waals surface area contributed by atoms with E-state index in [2.05, 4.69) is 10.0 Å². The topological polar surface area (TPSA) is 95.6 Å². The molecule has 1 aliphatic rings. The quantitative estimate of drug-likeness (QED) is 0.451. The fourth-order valence-corrected chi connectivity index (χ4v) is 6.66. The summed E-state index contributed by atoms with van der Waals surface area (Å²) in [6, 6.07) is 11.4. The Kier molecular flexibility index (Phi) is 9.80. The van der Waals surface area contributed by atoms with Gasteiger partial charge in [0.2, 0.25) is 10.0 Å². The Morgan fingerprint density at radius 2 is 1.71 bits per heavy atom. The summed E-state index contributed by atoms with van der Waals surface area (Å²) >= 11 is 0. The van der Waals surface area contributed by atoms with Gasteiger partial charge >= 0.3 is 6.18 Å². The van der Waals surface area contributed by atoms with Crippen LogP contribution in [0.5, 0.6) is 0 Å². The Morgan fingerprint density at radius 1 is 1.05 bits per heavy atom. The number of alkyl halides is 3. The molecule has 1 fully saturated rings. The molecule has 0 bridgehead atoms. The maximum atomic E-state index is 13.7. The number of rotatable bonds is 10. The number of benzene rings is 2. The van der Waals surface area contributed by atoms with Crippen molar-refractivity contribution in [2.24, 2.45) is 0 Å². The SMILES string of the molecule is CN(C)C(=Cc1ccccc1)CS(=O)(=O)c1ccc(C(F)(F)F)c(C=CCS(=O)(=O)NC2CCNCC2)c1. The molecule has 1 aliphatic heterocycles. The van der Waals surface area contributed by atoms with Gasteiger partial charge in [-0.1, -0.05) is 42.5 Å². The van der Waals surface area contributed by atoms with Gasteiger partial charge in [-0.3, -0.25) is 0 Å². The van der Waals surface area contributed by atoms with Gasteiger partial charge in [-0.15, -0.1) is 0 Å². The van der Waals surface area contributed by atoms with E-state index in [1.165, 1.54) is 0 Å². The van der Waals surface area contributed by atoms with Crippen LogP contribution >= 0.6 is 0 Å². The molecule has 0 atom stereocenters. The molecule has 0 saturated carbocycles. The second kappa shape index (κ2) is 12.5. The molecule has 208 valence electrons. The highest BCUT2D eigenvalue weighted by Crippen LogP contribution is 2.34. The van der Waals surface area contributed by atoms with Gasteiger partial charge in [0, 0.05) is 25.8 Å². The smallest absolute Gasteiger partial charge is 0.380 e. The molecule has 7 nitrogen and oxygen atoms in total. The lowest BCUT2D eigenvalue weighted by Crippen LogP contribution is -2.43. The molecule has 3 rings (SSSR count). The molecular weight excluding hydrogens is 539 g/mol. The molecule has 2 aromatic carbocycles. The largest absolute Gasteiger partial charge is 0.416 e. The van der Waals surface area contributed by atoms with Crippen LogP contribution in [0, 0.1) is 0 Å². The third-order valence-electron chi connectivity index (χ3n) is 6.03. The van der Waals surface area contributed by atoms with E-state index < -0.39 is 48.7 Å². The number of hydrogen-bond donors (Lipinski definition) is 2. The second-order valence-corrected chi connectivity index (χ2v) is 13.1. The minimum absolute atomic E-state index is 0.233. The van der Waals surface area contributed by atoms with E-state index in [4.69, 9.17) is 0 Å². The molecule has 38 heavy (non-hydrogen) atoms. The Bertz CT molecular complexity index is 1370. The Labute approximate surface area is 222 Å². The van der Waals surface area contributed by atoms with Crippen molar-refractivity contribution < 1.29 is 30.0 Å². The Hall–Kier alpha value is -2.67. The molecule has 1 heterocycles. The van der Waals surface area contributed by atoms with Crippen LogP contribution in [0.1, 0.15) is 29.5 Å². The molecule has 0 aliphatic carbocycles. The van der Waals surface area contributed by atoms with Crippen LogP contribution in [0.2, 0.25) is 0 Å². The van der Waals surface area contributed by atoms with Crippen LogP contribution in [0.4, 0.5) is 13.2 Å². The Morgan fingerprint density at radius 3 is 2.32 bits per heavy atom. The first-order chi connectivity index (χ1) is 17.8. The molecule has 2 N–H and O–H groups in total. The summed E-state index contributed by atoms with van der Waals surface area (Å²) in [7, 11) is -4.43. The van der Waals surface area contributed by atoms with E-state index in [1.807, 2.05) is 30.3 Å². The normalized spacial score (nSPS) is 16.2.